The Morgan fingerprint density at radius 2 is 1.67 bits per heavy atom. The molecule has 0 radical (unpaired) electrons. The van der Waals surface area contributed by atoms with E-state index in [1.807, 2.05) is 24.3 Å². The summed E-state index contributed by atoms with van der Waals surface area (Å²) in [5, 5.41) is 11.0. The molecule has 0 aromatic heterocycles. The maximum absolute atomic E-state index is 12.9. The van der Waals surface area contributed by atoms with Gasteiger partial charge in [-0.1, -0.05) is 38.1 Å². The van der Waals surface area contributed by atoms with Crippen LogP contribution in [0.5, 0.6) is 5.75 Å². The Morgan fingerprint density at radius 3 is 2.20 bits per heavy atom. The SMILES string of the molecule is COCCN1C(=O)C(=O)/C(=C(\O)c2ccc(OC)cc2)C1c1ccc(C(C)C)cc1. The predicted octanol–water partition coefficient (Wildman–Crippen LogP) is 3.89. The Balaban J connectivity index is 2.11. The molecule has 0 bridgehead atoms. The van der Waals surface area contributed by atoms with Crippen molar-refractivity contribution in [2.45, 2.75) is 25.8 Å². The van der Waals surface area contributed by atoms with Crippen LogP contribution in [0.15, 0.2) is 54.1 Å². The molecule has 1 amide bonds. The average molecular weight is 409 g/mol. The molecule has 3 rings (SSSR count). The first-order valence-electron chi connectivity index (χ1n) is 9.90. The first-order valence-corrected chi connectivity index (χ1v) is 9.90. The average Bonchev–Trinajstić information content (AvgIpc) is 3.02. The number of ether oxygens (including phenoxy) is 2. The summed E-state index contributed by atoms with van der Waals surface area (Å²) in [6.45, 7) is 4.74. The van der Waals surface area contributed by atoms with E-state index in [2.05, 4.69) is 13.8 Å². The molecule has 2 aromatic rings. The van der Waals surface area contributed by atoms with Crippen LogP contribution in [0.2, 0.25) is 0 Å². The van der Waals surface area contributed by atoms with Gasteiger partial charge in [-0.05, 0) is 41.3 Å². The summed E-state index contributed by atoms with van der Waals surface area (Å²) in [6, 6.07) is 13.8. The summed E-state index contributed by atoms with van der Waals surface area (Å²) < 4.78 is 10.3. The number of nitrogens with zero attached hydrogens (tertiary/aromatic N) is 1. The molecule has 0 aliphatic carbocycles. The molecule has 1 fully saturated rings. The lowest BCUT2D eigenvalue weighted by molar-refractivity contribution is -0.140. The highest BCUT2D eigenvalue weighted by molar-refractivity contribution is 6.46. The van der Waals surface area contributed by atoms with Crippen LogP contribution in [-0.4, -0.2) is 49.1 Å². The third-order valence-electron chi connectivity index (χ3n) is 5.36. The molecule has 158 valence electrons. The van der Waals surface area contributed by atoms with Crippen LogP contribution in [-0.2, 0) is 14.3 Å². The van der Waals surface area contributed by atoms with Gasteiger partial charge in [0.25, 0.3) is 11.7 Å². The zero-order valence-electron chi connectivity index (χ0n) is 17.7. The first kappa shape index (κ1) is 21.6. The summed E-state index contributed by atoms with van der Waals surface area (Å²) in [5.41, 5.74) is 2.45. The zero-order chi connectivity index (χ0) is 21.8. The van der Waals surface area contributed by atoms with Crippen LogP contribution in [0.4, 0.5) is 0 Å². The van der Waals surface area contributed by atoms with Crippen LogP contribution < -0.4 is 4.74 Å². The summed E-state index contributed by atoms with van der Waals surface area (Å²) in [6.07, 6.45) is 0. The van der Waals surface area contributed by atoms with E-state index >= 15 is 0 Å². The Labute approximate surface area is 176 Å². The molecule has 1 atom stereocenters. The number of rotatable bonds is 7. The van der Waals surface area contributed by atoms with E-state index in [4.69, 9.17) is 9.47 Å². The van der Waals surface area contributed by atoms with Gasteiger partial charge in [-0.2, -0.15) is 0 Å². The maximum Gasteiger partial charge on any atom is 0.295 e. The summed E-state index contributed by atoms with van der Waals surface area (Å²) in [7, 11) is 3.09. The third kappa shape index (κ3) is 4.09. The molecule has 1 aliphatic rings. The van der Waals surface area contributed by atoms with Crippen LogP contribution >= 0.6 is 0 Å². The fraction of sp³-hybridized carbons (Fsp3) is 0.333. The predicted molar refractivity (Wildman–Crippen MR) is 114 cm³/mol. The number of carbonyl (C=O) groups is 2. The van der Waals surface area contributed by atoms with Crippen molar-refractivity contribution in [2.75, 3.05) is 27.4 Å². The topological polar surface area (TPSA) is 76.1 Å². The molecule has 1 saturated heterocycles. The number of methoxy groups -OCH3 is 2. The highest BCUT2D eigenvalue weighted by Gasteiger charge is 2.45. The van der Waals surface area contributed by atoms with Crippen molar-refractivity contribution in [1.29, 1.82) is 0 Å². The molecular weight excluding hydrogens is 382 g/mol. The standard InChI is InChI=1S/C24H27NO5/c1-15(2)16-5-7-17(8-6-16)21-20(23(27)24(28)25(21)13-14-29-3)22(26)18-9-11-19(30-4)12-10-18/h5-12,15,21,26H,13-14H2,1-4H3/b22-20-. The Hall–Kier alpha value is -3.12. The normalized spacial score (nSPS) is 18.3. The molecule has 30 heavy (non-hydrogen) atoms. The minimum absolute atomic E-state index is 0.0820. The van der Waals surface area contributed by atoms with Gasteiger partial charge in [-0.25, -0.2) is 0 Å². The Kier molecular flexibility index (Phi) is 6.57. The fourth-order valence-corrected chi connectivity index (χ4v) is 3.61. The molecule has 0 saturated carbocycles. The molecule has 6 nitrogen and oxygen atoms in total. The number of amides is 1. The van der Waals surface area contributed by atoms with Crippen LogP contribution in [0, 0.1) is 0 Å². The van der Waals surface area contributed by atoms with Crippen molar-refractivity contribution in [3.05, 3.63) is 70.8 Å². The van der Waals surface area contributed by atoms with Crippen molar-refractivity contribution in [2.24, 2.45) is 0 Å². The van der Waals surface area contributed by atoms with Crippen molar-refractivity contribution in [3.8, 4) is 5.75 Å². The van der Waals surface area contributed by atoms with Gasteiger partial charge in [-0.15, -0.1) is 0 Å². The van der Waals surface area contributed by atoms with E-state index in [0.717, 1.165) is 11.1 Å². The lowest BCUT2D eigenvalue weighted by atomic mass is 9.93. The van der Waals surface area contributed by atoms with E-state index in [-0.39, 0.29) is 24.5 Å². The number of benzene rings is 2. The van der Waals surface area contributed by atoms with E-state index < -0.39 is 17.7 Å². The minimum Gasteiger partial charge on any atom is -0.507 e. The summed E-state index contributed by atoms with van der Waals surface area (Å²) in [4.78, 5) is 27.1. The quantitative estimate of drug-likeness (QED) is 0.427. The molecular formula is C24H27NO5. The number of carbonyl (C=O) groups excluding carboxylic acids is 2. The van der Waals surface area contributed by atoms with Crippen molar-refractivity contribution < 1.29 is 24.2 Å². The highest BCUT2D eigenvalue weighted by Crippen LogP contribution is 2.39. The number of aliphatic hydroxyl groups excluding tert-OH is 1. The molecule has 1 N–H and O–H groups in total. The lowest BCUT2D eigenvalue weighted by Crippen LogP contribution is -2.32. The van der Waals surface area contributed by atoms with Gasteiger partial charge in [0, 0.05) is 19.2 Å². The second-order valence-corrected chi connectivity index (χ2v) is 7.54. The number of hydrogen-bond acceptors (Lipinski definition) is 5. The number of Topliss-reactive ketones (excluding diaryl/α,β-unsaturated/α-hetero) is 1. The molecule has 6 heteroatoms. The largest absolute Gasteiger partial charge is 0.507 e. The van der Waals surface area contributed by atoms with Gasteiger partial charge in [0.15, 0.2) is 0 Å². The van der Waals surface area contributed by atoms with Gasteiger partial charge in [0.1, 0.15) is 11.5 Å². The molecule has 1 aliphatic heterocycles. The maximum atomic E-state index is 12.9. The number of aliphatic hydroxyl groups is 1. The Bertz CT molecular complexity index is 945. The lowest BCUT2D eigenvalue weighted by Gasteiger charge is -2.25. The minimum atomic E-state index is -0.697. The first-order chi connectivity index (χ1) is 14.4. The summed E-state index contributed by atoms with van der Waals surface area (Å²) in [5.74, 6) is -0.544. The molecule has 0 spiro atoms. The monoisotopic (exact) mass is 409 g/mol. The second-order valence-electron chi connectivity index (χ2n) is 7.54. The van der Waals surface area contributed by atoms with Crippen LogP contribution in [0.25, 0.3) is 5.76 Å². The number of likely N-dealkylation sites (tertiary alicyclic amines) is 1. The third-order valence-corrected chi connectivity index (χ3v) is 5.36. The zero-order valence-corrected chi connectivity index (χ0v) is 17.7. The van der Waals surface area contributed by atoms with Gasteiger partial charge in [0.2, 0.25) is 0 Å². The molecule has 1 unspecified atom stereocenters. The summed E-state index contributed by atoms with van der Waals surface area (Å²) >= 11 is 0. The van der Waals surface area contributed by atoms with E-state index in [1.54, 1.807) is 38.5 Å². The van der Waals surface area contributed by atoms with E-state index in [0.29, 0.717) is 17.2 Å². The molecule has 1 heterocycles. The van der Waals surface area contributed by atoms with Crippen molar-refractivity contribution >= 4 is 17.4 Å². The molecule has 2 aromatic carbocycles. The van der Waals surface area contributed by atoms with E-state index in [1.165, 1.54) is 4.90 Å². The fourth-order valence-electron chi connectivity index (χ4n) is 3.61. The van der Waals surface area contributed by atoms with Crippen molar-refractivity contribution in [1.82, 2.24) is 4.90 Å². The Morgan fingerprint density at radius 1 is 1.03 bits per heavy atom. The van der Waals surface area contributed by atoms with Gasteiger partial charge in [-0.3, -0.25) is 9.59 Å². The smallest absolute Gasteiger partial charge is 0.295 e. The highest BCUT2D eigenvalue weighted by atomic mass is 16.5. The van der Waals surface area contributed by atoms with Crippen LogP contribution in [0.3, 0.4) is 0 Å². The van der Waals surface area contributed by atoms with Gasteiger partial charge in [0.05, 0.1) is 25.3 Å². The van der Waals surface area contributed by atoms with Gasteiger partial charge < -0.3 is 19.5 Å². The second kappa shape index (κ2) is 9.13. The van der Waals surface area contributed by atoms with E-state index in [9.17, 15) is 14.7 Å². The number of hydrogen-bond donors (Lipinski definition) is 1. The van der Waals surface area contributed by atoms with Crippen LogP contribution in [0.1, 0.15) is 42.5 Å². The van der Waals surface area contributed by atoms with Gasteiger partial charge >= 0.3 is 0 Å². The number of ketones is 1. The van der Waals surface area contributed by atoms with Crippen molar-refractivity contribution in [3.63, 3.8) is 0 Å².